The van der Waals surface area contributed by atoms with Gasteiger partial charge in [0.15, 0.2) is 0 Å². The molecule has 1 aromatic carbocycles. The van der Waals surface area contributed by atoms with Crippen molar-refractivity contribution in [3.8, 4) is 5.75 Å². The molecule has 8 nitrogen and oxygen atoms in total. The predicted molar refractivity (Wildman–Crippen MR) is 140 cm³/mol. The Morgan fingerprint density at radius 1 is 1.08 bits per heavy atom. The Morgan fingerprint density at radius 2 is 1.69 bits per heavy atom. The number of hydrogen-bond acceptors (Lipinski definition) is 5. The molecular weight excluding hydrogens is 458 g/mol. The van der Waals surface area contributed by atoms with E-state index >= 15 is 0 Å². The van der Waals surface area contributed by atoms with E-state index in [0.717, 1.165) is 25.7 Å². The van der Waals surface area contributed by atoms with Crippen LogP contribution in [0.15, 0.2) is 24.3 Å². The summed E-state index contributed by atoms with van der Waals surface area (Å²) >= 11 is 0. The maximum atomic E-state index is 14.0. The number of rotatable bonds is 10. The molecule has 202 valence electrons. The summed E-state index contributed by atoms with van der Waals surface area (Å²) in [4.78, 5) is 41.8. The van der Waals surface area contributed by atoms with Gasteiger partial charge < -0.3 is 25.4 Å². The molecule has 1 saturated carbocycles. The Hall–Kier alpha value is -2.77. The molecule has 0 bridgehead atoms. The van der Waals surface area contributed by atoms with E-state index in [0.29, 0.717) is 24.9 Å². The van der Waals surface area contributed by atoms with E-state index in [-0.39, 0.29) is 29.5 Å². The maximum Gasteiger partial charge on any atom is 0.408 e. The van der Waals surface area contributed by atoms with Crippen molar-refractivity contribution in [3.63, 3.8) is 0 Å². The fourth-order valence-corrected chi connectivity index (χ4v) is 4.61. The van der Waals surface area contributed by atoms with Crippen LogP contribution in [0.25, 0.3) is 0 Å². The lowest BCUT2D eigenvalue weighted by molar-refractivity contribution is -0.143. The van der Waals surface area contributed by atoms with Crippen molar-refractivity contribution in [2.24, 2.45) is 5.92 Å². The highest BCUT2D eigenvalue weighted by atomic mass is 16.6. The Kier molecular flexibility index (Phi) is 11.1. The molecule has 36 heavy (non-hydrogen) atoms. The molecule has 0 radical (unpaired) electrons. The molecule has 0 aromatic heterocycles. The number of phenols is 1. The van der Waals surface area contributed by atoms with Gasteiger partial charge in [0.05, 0.1) is 0 Å². The first kappa shape index (κ1) is 29.5. The van der Waals surface area contributed by atoms with Crippen LogP contribution in [-0.2, 0) is 14.3 Å². The highest BCUT2D eigenvalue weighted by Crippen LogP contribution is 2.27. The van der Waals surface area contributed by atoms with E-state index in [1.807, 2.05) is 20.8 Å². The lowest BCUT2D eigenvalue weighted by atomic mass is 9.94. The van der Waals surface area contributed by atoms with Crippen LogP contribution < -0.4 is 10.6 Å². The second-order valence-electron chi connectivity index (χ2n) is 11.2. The number of hydrogen-bond donors (Lipinski definition) is 3. The zero-order chi connectivity index (χ0) is 26.9. The number of nitrogens with zero attached hydrogens (tertiary/aromatic N) is 1. The summed E-state index contributed by atoms with van der Waals surface area (Å²) in [6.07, 6.45) is 5.54. The highest BCUT2D eigenvalue weighted by molar-refractivity contribution is 5.92. The molecule has 2 rings (SSSR count). The van der Waals surface area contributed by atoms with Gasteiger partial charge in [-0.2, -0.15) is 0 Å². The number of amides is 3. The largest absolute Gasteiger partial charge is 0.508 e. The van der Waals surface area contributed by atoms with Crippen LogP contribution in [0.2, 0.25) is 0 Å². The number of nitrogens with one attached hydrogen (secondary N) is 2. The number of carbonyl (C=O) groups excluding carboxylic acids is 3. The molecule has 3 amide bonds. The van der Waals surface area contributed by atoms with E-state index in [9.17, 15) is 19.5 Å². The minimum Gasteiger partial charge on any atom is -0.508 e. The molecule has 1 aliphatic carbocycles. The number of benzene rings is 1. The molecule has 0 saturated heterocycles. The van der Waals surface area contributed by atoms with Crippen molar-refractivity contribution < 1.29 is 24.2 Å². The van der Waals surface area contributed by atoms with Crippen LogP contribution in [0.4, 0.5) is 4.79 Å². The van der Waals surface area contributed by atoms with Crippen LogP contribution in [-0.4, -0.2) is 52.1 Å². The molecule has 8 heteroatoms. The highest BCUT2D eigenvalue weighted by Gasteiger charge is 2.37. The molecule has 0 spiro atoms. The topological polar surface area (TPSA) is 108 Å². The molecule has 0 aliphatic heterocycles. The van der Waals surface area contributed by atoms with E-state index in [1.54, 1.807) is 37.8 Å². The van der Waals surface area contributed by atoms with Crippen molar-refractivity contribution in [3.05, 3.63) is 29.8 Å². The minimum atomic E-state index is -0.880. The van der Waals surface area contributed by atoms with Crippen LogP contribution >= 0.6 is 0 Å². The smallest absolute Gasteiger partial charge is 0.408 e. The van der Waals surface area contributed by atoms with E-state index in [2.05, 4.69) is 10.6 Å². The van der Waals surface area contributed by atoms with Gasteiger partial charge in [-0.15, -0.1) is 0 Å². The average Bonchev–Trinajstić information content (AvgIpc) is 2.78. The molecule has 0 heterocycles. The Morgan fingerprint density at radius 3 is 2.22 bits per heavy atom. The zero-order valence-electron chi connectivity index (χ0n) is 22.8. The van der Waals surface area contributed by atoms with Crippen molar-refractivity contribution in [1.29, 1.82) is 0 Å². The predicted octanol–water partition coefficient (Wildman–Crippen LogP) is 5.06. The van der Waals surface area contributed by atoms with Crippen molar-refractivity contribution >= 4 is 17.9 Å². The van der Waals surface area contributed by atoms with Crippen molar-refractivity contribution in [1.82, 2.24) is 15.5 Å². The molecule has 3 N–H and O–H groups in total. The average molecular weight is 504 g/mol. The summed E-state index contributed by atoms with van der Waals surface area (Å²) in [5, 5.41) is 15.8. The van der Waals surface area contributed by atoms with Crippen LogP contribution in [0, 0.1) is 5.92 Å². The van der Waals surface area contributed by atoms with Gasteiger partial charge >= 0.3 is 6.09 Å². The van der Waals surface area contributed by atoms with Crippen molar-refractivity contribution in [2.75, 3.05) is 6.54 Å². The third-order valence-corrected chi connectivity index (χ3v) is 6.16. The molecule has 2 unspecified atom stereocenters. The van der Waals surface area contributed by atoms with E-state index < -0.39 is 23.8 Å². The van der Waals surface area contributed by atoms with Gasteiger partial charge in [0.1, 0.15) is 23.4 Å². The number of alkyl carbamates (subject to hydrolysis) is 1. The first-order valence-electron chi connectivity index (χ1n) is 13.3. The van der Waals surface area contributed by atoms with Gasteiger partial charge in [-0.3, -0.25) is 9.59 Å². The number of aromatic hydroxyl groups is 1. The number of ether oxygens (including phenoxy) is 1. The molecule has 1 aromatic rings. The van der Waals surface area contributed by atoms with E-state index in [1.165, 1.54) is 18.6 Å². The normalized spacial score (nSPS) is 16.2. The van der Waals surface area contributed by atoms with Crippen LogP contribution in [0.3, 0.4) is 0 Å². The third-order valence-electron chi connectivity index (χ3n) is 6.16. The Bertz CT molecular complexity index is 857. The number of phenolic OH excluding ortho intramolecular Hbond substituents is 1. The van der Waals surface area contributed by atoms with Gasteiger partial charge in [0, 0.05) is 12.6 Å². The number of carbonyl (C=O) groups is 3. The van der Waals surface area contributed by atoms with E-state index in [4.69, 9.17) is 4.74 Å². The summed E-state index contributed by atoms with van der Waals surface area (Å²) < 4.78 is 5.42. The maximum absolute atomic E-state index is 14.0. The molecular formula is C28H45N3O5. The first-order chi connectivity index (χ1) is 16.9. The fraction of sp³-hybridized carbons (Fsp3) is 0.679. The second kappa shape index (κ2) is 13.5. The first-order valence-corrected chi connectivity index (χ1v) is 13.3. The fourth-order valence-electron chi connectivity index (χ4n) is 4.61. The monoisotopic (exact) mass is 503 g/mol. The third kappa shape index (κ3) is 9.36. The van der Waals surface area contributed by atoms with Crippen LogP contribution in [0.1, 0.15) is 98.1 Å². The van der Waals surface area contributed by atoms with Crippen LogP contribution in [0.5, 0.6) is 5.75 Å². The summed E-state index contributed by atoms with van der Waals surface area (Å²) in [7, 11) is 0. The van der Waals surface area contributed by atoms with Gasteiger partial charge in [0.25, 0.3) is 0 Å². The summed E-state index contributed by atoms with van der Waals surface area (Å²) in [5.74, 6) is -0.355. The molecule has 1 fully saturated rings. The minimum absolute atomic E-state index is 0.0794. The van der Waals surface area contributed by atoms with Crippen molar-refractivity contribution in [2.45, 2.75) is 110 Å². The van der Waals surface area contributed by atoms with Gasteiger partial charge in [-0.05, 0) is 70.1 Å². The second-order valence-corrected chi connectivity index (χ2v) is 11.2. The lowest BCUT2D eigenvalue weighted by Gasteiger charge is -2.36. The Labute approximate surface area is 216 Å². The summed E-state index contributed by atoms with van der Waals surface area (Å²) in [6, 6.07) is 4.76. The molecule has 1 aliphatic rings. The summed E-state index contributed by atoms with van der Waals surface area (Å²) in [5.41, 5.74) is -0.0870. The SMILES string of the molecule is CCCN(C(=O)C(CC(C)C)NC(=O)OC(C)(C)C)C(C(=O)NC1CCCCC1)c1ccc(O)cc1. The standard InChI is InChI=1S/C28H45N3O5/c1-7-17-31(26(34)23(18-19(2)3)30-27(35)36-28(4,5)6)24(20-13-15-22(32)16-14-20)25(33)29-21-11-9-8-10-12-21/h13-16,19,21,23-24,32H,7-12,17-18H2,1-6H3,(H,29,33)(H,30,35). The van der Waals surface area contributed by atoms with Gasteiger partial charge in [-0.1, -0.05) is 52.2 Å². The zero-order valence-corrected chi connectivity index (χ0v) is 22.8. The Balaban J connectivity index is 2.40. The lowest BCUT2D eigenvalue weighted by Crippen LogP contribution is -2.54. The van der Waals surface area contributed by atoms with Gasteiger partial charge in [0.2, 0.25) is 11.8 Å². The summed E-state index contributed by atoms with van der Waals surface area (Å²) in [6.45, 7) is 11.6. The molecule has 2 atom stereocenters. The van der Waals surface area contributed by atoms with Gasteiger partial charge in [-0.25, -0.2) is 4.79 Å². The quantitative estimate of drug-likeness (QED) is 0.414.